The molecule has 0 aromatic carbocycles. The maximum Gasteiger partial charge on any atom is 0.306 e. The Morgan fingerprint density at radius 1 is 1.40 bits per heavy atom. The lowest BCUT2D eigenvalue weighted by Gasteiger charge is -2.26. The van der Waals surface area contributed by atoms with Gasteiger partial charge in [-0.15, -0.1) is 0 Å². The van der Waals surface area contributed by atoms with Crippen molar-refractivity contribution in [3.05, 3.63) is 0 Å². The number of sulfonamides is 1. The average Bonchev–Trinajstić information content (AvgIpc) is 2.92. The zero-order valence-electron chi connectivity index (χ0n) is 12.1. The van der Waals surface area contributed by atoms with Gasteiger partial charge in [-0.05, 0) is 56.3 Å². The third-order valence-corrected chi connectivity index (χ3v) is 6.68. The Bertz CT molecular complexity index is 452. The zero-order valence-corrected chi connectivity index (χ0v) is 12.9. The molecule has 6 heteroatoms. The Morgan fingerprint density at radius 2 is 2.05 bits per heavy atom. The summed E-state index contributed by atoms with van der Waals surface area (Å²) in [4.78, 5) is 10.9. The number of rotatable bonds is 8. The maximum atomic E-state index is 12.2. The fourth-order valence-corrected chi connectivity index (χ4v) is 5.60. The molecule has 2 fully saturated rings. The van der Waals surface area contributed by atoms with E-state index in [0.29, 0.717) is 12.8 Å². The summed E-state index contributed by atoms with van der Waals surface area (Å²) in [6, 6.07) is 0. The molecule has 0 aromatic heterocycles. The number of hydrogen-bond donors (Lipinski definition) is 2. The Kier molecular flexibility index (Phi) is 4.74. The van der Waals surface area contributed by atoms with E-state index < -0.39 is 21.9 Å². The van der Waals surface area contributed by atoms with Crippen molar-refractivity contribution in [2.24, 2.45) is 17.3 Å². The summed E-state index contributed by atoms with van der Waals surface area (Å²) in [5.74, 6) is -0.347. The first-order valence-corrected chi connectivity index (χ1v) is 9.21. The van der Waals surface area contributed by atoms with Crippen LogP contribution in [-0.4, -0.2) is 31.8 Å². The lowest BCUT2D eigenvalue weighted by Crippen LogP contribution is -2.36. The number of carboxylic acids is 1. The van der Waals surface area contributed by atoms with Gasteiger partial charge in [0.2, 0.25) is 10.0 Å². The van der Waals surface area contributed by atoms with Gasteiger partial charge >= 0.3 is 5.97 Å². The molecular formula is C14H25NO4S. The normalized spacial score (nSPS) is 30.6. The van der Waals surface area contributed by atoms with Gasteiger partial charge in [-0.25, -0.2) is 13.1 Å². The minimum absolute atomic E-state index is 0.00740. The molecule has 2 aliphatic carbocycles. The van der Waals surface area contributed by atoms with Crippen LogP contribution in [-0.2, 0) is 14.8 Å². The lowest BCUT2D eigenvalue weighted by atomic mass is 9.87. The molecule has 2 bridgehead atoms. The van der Waals surface area contributed by atoms with Crippen LogP contribution in [0.4, 0.5) is 0 Å². The number of fused-ring (bicyclic) bond motifs is 2. The number of hydrogen-bond acceptors (Lipinski definition) is 3. The summed E-state index contributed by atoms with van der Waals surface area (Å²) < 4.78 is 26.9. The molecule has 1 unspecified atom stereocenters. The fourth-order valence-electron chi connectivity index (χ4n) is 3.86. The van der Waals surface area contributed by atoms with Crippen molar-refractivity contribution in [1.82, 2.24) is 4.72 Å². The monoisotopic (exact) mass is 303 g/mol. The van der Waals surface area contributed by atoms with Crippen molar-refractivity contribution in [1.29, 1.82) is 0 Å². The second-order valence-electron chi connectivity index (χ2n) is 6.53. The predicted octanol–water partition coefficient (Wildman–Crippen LogP) is 1.99. The second-order valence-corrected chi connectivity index (χ2v) is 8.34. The van der Waals surface area contributed by atoms with Gasteiger partial charge in [0.1, 0.15) is 0 Å². The van der Waals surface area contributed by atoms with E-state index in [1.165, 1.54) is 12.8 Å². The van der Waals surface area contributed by atoms with Crippen LogP contribution >= 0.6 is 0 Å². The number of aliphatic carboxylic acids is 1. The Labute approximate surface area is 121 Å². The van der Waals surface area contributed by atoms with Crippen molar-refractivity contribution >= 4 is 16.0 Å². The Hall–Kier alpha value is -0.620. The van der Waals surface area contributed by atoms with E-state index in [1.54, 1.807) is 0 Å². The molecular weight excluding hydrogens is 278 g/mol. The molecule has 0 spiro atoms. The fraction of sp³-hybridized carbons (Fsp3) is 0.929. The standard InChI is InChI=1S/C14H25NO4S/c1-2-12(13(16)17)5-8-15-20(18,19)10-14-6-3-11(9-14)4-7-14/h11-12,15H,2-10H2,1H3,(H,16,17). The molecule has 2 saturated carbocycles. The summed E-state index contributed by atoms with van der Waals surface area (Å²) >= 11 is 0. The minimum Gasteiger partial charge on any atom is -0.481 e. The quantitative estimate of drug-likeness (QED) is 0.718. The van der Waals surface area contributed by atoms with Crippen LogP contribution in [0.2, 0.25) is 0 Å². The van der Waals surface area contributed by atoms with Gasteiger partial charge in [-0.2, -0.15) is 0 Å². The zero-order chi connectivity index (χ0) is 14.8. The summed E-state index contributed by atoms with van der Waals surface area (Å²) in [5, 5.41) is 8.94. The van der Waals surface area contributed by atoms with Crippen LogP contribution in [0.3, 0.4) is 0 Å². The van der Waals surface area contributed by atoms with E-state index >= 15 is 0 Å². The van der Waals surface area contributed by atoms with Gasteiger partial charge in [0.25, 0.3) is 0 Å². The topological polar surface area (TPSA) is 83.5 Å². The first-order valence-electron chi connectivity index (χ1n) is 7.56. The van der Waals surface area contributed by atoms with E-state index in [9.17, 15) is 13.2 Å². The summed E-state index contributed by atoms with van der Waals surface area (Å²) in [5.41, 5.74) is 0.00740. The maximum absolute atomic E-state index is 12.2. The van der Waals surface area contributed by atoms with Crippen molar-refractivity contribution in [3.8, 4) is 0 Å². The van der Waals surface area contributed by atoms with Gasteiger partial charge in [0.15, 0.2) is 0 Å². The SMILES string of the molecule is CCC(CCNS(=O)(=O)CC12CCC(CC1)C2)C(=O)O. The molecule has 0 saturated heterocycles. The van der Waals surface area contributed by atoms with Gasteiger partial charge in [-0.1, -0.05) is 6.92 Å². The van der Waals surface area contributed by atoms with Crippen molar-refractivity contribution in [2.75, 3.05) is 12.3 Å². The van der Waals surface area contributed by atoms with Crippen LogP contribution in [0.1, 0.15) is 51.9 Å². The van der Waals surface area contributed by atoms with Crippen molar-refractivity contribution < 1.29 is 18.3 Å². The summed E-state index contributed by atoms with van der Waals surface area (Å²) in [6.07, 6.45) is 6.36. The largest absolute Gasteiger partial charge is 0.481 e. The number of carboxylic acid groups (broad SMARTS) is 1. The van der Waals surface area contributed by atoms with Gasteiger partial charge in [-0.3, -0.25) is 4.79 Å². The van der Waals surface area contributed by atoms with E-state index in [2.05, 4.69) is 4.72 Å². The lowest BCUT2D eigenvalue weighted by molar-refractivity contribution is -0.142. The highest BCUT2D eigenvalue weighted by Gasteiger charge is 2.47. The summed E-state index contributed by atoms with van der Waals surface area (Å²) in [6.45, 7) is 2.04. The summed E-state index contributed by atoms with van der Waals surface area (Å²) in [7, 11) is -3.28. The Morgan fingerprint density at radius 3 is 2.50 bits per heavy atom. The highest BCUT2D eigenvalue weighted by molar-refractivity contribution is 7.89. The smallest absolute Gasteiger partial charge is 0.306 e. The molecule has 0 heterocycles. The molecule has 0 aliphatic heterocycles. The number of nitrogens with one attached hydrogen (secondary N) is 1. The average molecular weight is 303 g/mol. The Balaban J connectivity index is 1.81. The van der Waals surface area contributed by atoms with Gasteiger partial charge in [0, 0.05) is 6.54 Å². The van der Waals surface area contributed by atoms with Gasteiger partial charge in [0.05, 0.1) is 11.7 Å². The highest BCUT2D eigenvalue weighted by atomic mass is 32.2. The first-order chi connectivity index (χ1) is 9.36. The van der Waals surface area contributed by atoms with Crippen LogP contribution in [0.5, 0.6) is 0 Å². The van der Waals surface area contributed by atoms with Crippen LogP contribution in [0.25, 0.3) is 0 Å². The van der Waals surface area contributed by atoms with Gasteiger partial charge < -0.3 is 5.11 Å². The van der Waals surface area contributed by atoms with Crippen molar-refractivity contribution in [3.63, 3.8) is 0 Å². The van der Waals surface area contributed by atoms with E-state index in [0.717, 1.165) is 25.2 Å². The van der Waals surface area contributed by atoms with E-state index in [-0.39, 0.29) is 17.7 Å². The van der Waals surface area contributed by atoms with Crippen LogP contribution in [0.15, 0.2) is 0 Å². The van der Waals surface area contributed by atoms with E-state index in [1.807, 2.05) is 6.92 Å². The third-order valence-electron chi connectivity index (χ3n) is 5.04. The molecule has 5 nitrogen and oxygen atoms in total. The number of carbonyl (C=O) groups is 1. The molecule has 0 aromatic rings. The second kappa shape index (κ2) is 6.02. The molecule has 20 heavy (non-hydrogen) atoms. The predicted molar refractivity (Wildman–Crippen MR) is 76.8 cm³/mol. The molecule has 116 valence electrons. The van der Waals surface area contributed by atoms with Crippen LogP contribution in [0, 0.1) is 17.3 Å². The minimum atomic E-state index is -3.28. The van der Waals surface area contributed by atoms with Crippen LogP contribution < -0.4 is 4.72 Å². The van der Waals surface area contributed by atoms with E-state index in [4.69, 9.17) is 5.11 Å². The molecule has 2 rings (SSSR count). The molecule has 2 aliphatic rings. The van der Waals surface area contributed by atoms with Crippen molar-refractivity contribution in [2.45, 2.75) is 51.9 Å². The first kappa shape index (κ1) is 15.8. The third kappa shape index (κ3) is 3.73. The molecule has 0 radical (unpaired) electrons. The molecule has 1 atom stereocenters. The molecule has 2 N–H and O–H groups in total. The highest BCUT2D eigenvalue weighted by Crippen LogP contribution is 2.54. The molecule has 0 amide bonds.